The minimum Gasteiger partial charge on any atom is -0.375 e. The molecule has 0 radical (unpaired) electrons. The monoisotopic (exact) mass is 417 g/mol. The van der Waals surface area contributed by atoms with Crippen LogP contribution >= 0.6 is 0 Å². The molecule has 2 heterocycles. The SMILES string of the molecule is CCOCc1cc(N2CCN(CCC3CC(NC=O)C3)C(C)C2)nc(C(C)(C)C)n1. The van der Waals surface area contributed by atoms with Crippen LogP contribution in [0, 0.1) is 5.92 Å². The lowest BCUT2D eigenvalue weighted by atomic mass is 9.78. The zero-order valence-corrected chi connectivity index (χ0v) is 19.4. The summed E-state index contributed by atoms with van der Waals surface area (Å²) in [6.45, 7) is 16.2. The molecule has 7 nitrogen and oxygen atoms in total. The van der Waals surface area contributed by atoms with Crippen LogP contribution in [-0.2, 0) is 21.6 Å². The lowest BCUT2D eigenvalue weighted by molar-refractivity contribution is -0.110. The molecule has 1 atom stereocenters. The number of anilines is 1. The molecule has 168 valence electrons. The lowest BCUT2D eigenvalue weighted by Crippen LogP contribution is -2.53. The Balaban J connectivity index is 1.58. The third-order valence-corrected chi connectivity index (χ3v) is 6.34. The van der Waals surface area contributed by atoms with Gasteiger partial charge in [-0.1, -0.05) is 20.8 Å². The zero-order valence-electron chi connectivity index (χ0n) is 19.4. The van der Waals surface area contributed by atoms with Crippen LogP contribution in [0.1, 0.15) is 65.4 Å². The average molecular weight is 418 g/mol. The molecule has 1 amide bonds. The van der Waals surface area contributed by atoms with Crippen LogP contribution in [0.4, 0.5) is 5.82 Å². The van der Waals surface area contributed by atoms with E-state index in [1.165, 1.54) is 6.42 Å². The van der Waals surface area contributed by atoms with Gasteiger partial charge in [0.25, 0.3) is 0 Å². The topological polar surface area (TPSA) is 70.6 Å². The molecule has 0 bridgehead atoms. The van der Waals surface area contributed by atoms with Crippen molar-refractivity contribution in [2.24, 2.45) is 5.92 Å². The normalized spacial score (nSPS) is 25.1. The molecule has 1 saturated heterocycles. The van der Waals surface area contributed by atoms with Gasteiger partial charge in [-0.3, -0.25) is 9.69 Å². The summed E-state index contributed by atoms with van der Waals surface area (Å²) in [5, 5.41) is 2.89. The molecule has 1 unspecified atom stereocenters. The number of hydrogen-bond acceptors (Lipinski definition) is 6. The standard InChI is InChI=1S/C23H39N5O2/c1-6-30-15-20-13-21(26-22(25-20)23(3,4)5)28-10-9-27(17(2)14-28)8-7-18-11-19(12-18)24-16-29/h13,16-19H,6-12,14-15H2,1-5H3,(H,24,29). The van der Waals surface area contributed by atoms with Gasteiger partial charge in [-0.25, -0.2) is 9.97 Å². The number of hydrogen-bond donors (Lipinski definition) is 1. The van der Waals surface area contributed by atoms with Crippen LogP contribution < -0.4 is 10.2 Å². The van der Waals surface area contributed by atoms with Crippen LogP contribution in [0.25, 0.3) is 0 Å². The summed E-state index contributed by atoms with van der Waals surface area (Å²) in [6.07, 6.45) is 4.32. The van der Waals surface area contributed by atoms with Crippen molar-refractivity contribution < 1.29 is 9.53 Å². The second-order valence-electron chi connectivity index (χ2n) is 9.87. The Morgan fingerprint density at radius 2 is 2.03 bits per heavy atom. The third-order valence-electron chi connectivity index (χ3n) is 6.34. The van der Waals surface area contributed by atoms with E-state index in [0.717, 1.165) is 68.7 Å². The largest absolute Gasteiger partial charge is 0.375 e. The van der Waals surface area contributed by atoms with E-state index in [2.05, 4.69) is 48.9 Å². The molecule has 1 aromatic rings. The number of nitrogens with one attached hydrogen (secondary N) is 1. The first-order chi connectivity index (χ1) is 14.3. The van der Waals surface area contributed by atoms with Crippen LogP contribution in [0.3, 0.4) is 0 Å². The van der Waals surface area contributed by atoms with E-state index < -0.39 is 0 Å². The number of piperazine rings is 1. The van der Waals surface area contributed by atoms with Crippen LogP contribution in [0.2, 0.25) is 0 Å². The van der Waals surface area contributed by atoms with Gasteiger partial charge in [-0.15, -0.1) is 0 Å². The maximum absolute atomic E-state index is 10.5. The van der Waals surface area contributed by atoms with Gasteiger partial charge in [-0.05, 0) is 45.6 Å². The van der Waals surface area contributed by atoms with E-state index in [9.17, 15) is 4.79 Å². The molecule has 7 heteroatoms. The maximum atomic E-state index is 10.5. The predicted octanol–water partition coefficient (Wildman–Crippen LogP) is 2.74. The molecule has 0 spiro atoms. The van der Waals surface area contributed by atoms with Gasteiger partial charge >= 0.3 is 0 Å². The fourth-order valence-electron chi connectivity index (χ4n) is 4.35. The minimum atomic E-state index is -0.0935. The summed E-state index contributed by atoms with van der Waals surface area (Å²) in [5.74, 6) is 2.66. The summed E-state index contributed by atoms with van der Waals surface area (Å²) < 4.78 is 5.62. The highest BCUT2D eigenvalue weighted by atomic mass is 16.5. The van der Waals surface area contributed by atoms with E-state index in [0.29, 0.717) is 25.3 Å². The Hall–Kier alpha value is -1.73. The van der Waals surface area contributed by atoms with E-state index >= 15 is 0 Å². The Kier molecular flexibility index (Phi) is 7.69. The van der Waals surface area contributed by atoms with Crippen LogP contribution in [-0.4, -0.2) is 66.1 Å². The van der Waals surface area contributed by atoms with Crippen LogP contribution in [0.15, 0.2) is 6.07 Å². The van der Waals surface area contributed by atoms with Crippen molar-refractivity contribution in [3.63, 3.8) is 0 Å². The van der Waals surface area contributed by atoms with Gasteiger partial charge in [0, 0.05) is 49.8 Å². The molecule has 2 fully saturated rings. The van der Waals surface area contributed by atoms with Gasteiger partial charge in [-0.2, -0.15) is 0 Å². The van der Waals surface area contributed by atoms with Crippen molar-refractivity contribution >= 4 is 12.2 Å². The third kappa shape index (κ3) is 5.91. The fraction of sp³-hybridized carbons (Fsp3) is 0.783. The van der Waals surface area contributed by atoms with Crippen molar-refractivity contribution in [3.8, 4) is 0 Å². The second-order valence-corrected chi connectivity index (χ2v) is 9.87. The fourth-order valence-corrected chi connectivity index (χ4v) is 4.35. The Morgan fingerprint density at radius 1 is 1.27 bits per heavy atom. The van der Waals surface area contributed by atoms with Gasteiger partial charge in [0.05, 0.1) is 12.3 Å². The minimum absolute atomic E-state index is 0.0935. The molecule has 1 aliphatic carbocycles. The predicted molar refractivity (Wildman–Crippen MR) is 120 cm³/mol. The van der Waals surface area contributed by atoms with Crippen molar-refractivity contribution in [1.29, 1.82) is 0 Å². The molecular formula is C23H39N5O2. The average Bonchev–Trinajstić information content (AvgIpc) is 2.68. The second kappa shape index (κ2) is 10.1. The van der Waals surface area contributed by atoms with Crippen molar-refractivity contribution in [1.82, 2.24) is 20.2 Å². The number of carbonyl (C=O) groups is 1. The molecule has 3 rings (SSSR count). The summed E-state index contributed by atoms with van der Waals surface area (Å²) in [7, 11) is 0. The Labute approximate surface area is 181 Å². The smallest absolute Gasteiger partial charge is 0.207 e. The van der Waals surface area contributed by atoms with Gasteiger partial charge in [0.15, 0.2) is 0 Å². The zero-order chi connectivity index (χ0) is 21.7. The van der Waals surface area contributed by atoms with E-state index in [1.807, 2.05) is 6.92 Å². The molecule has 0 aromatic carbocycles. The molecule has 30 heavy (non-hydrogen) atoms. The van der Waals surface area contributed by atoms with Crippen molar-refractivity contribution in [2.45, 2.75) is 78.0 Å². The molecule has 1 aliphatic heterocycles. The van der Waals surface area contributed by atoms with E-state index in [1.54, 1.807) is 0 Å². The van der Waals surface area contributed by atoms with Gasteiger partial charge in [0.1, 0.15) is 11.6 Å². The number of aromatic nitrogens is 2. The maximum Gasteiger partial charge on any atom is 0.207 e. The number of rotatable bonds is 9. The van der Waals surface area contributed by atoms with Gasteiger partial charge < -0.3 is 15.0 Å². The number of amides is 1. The highest BCUT2D eigenvalue weighted by molar-refractivity contribution is 5.47. The molecule has 1 aromatic heterocycles. The first-order valence-electron chi connectivity index (χ1n) is 11.4. The first kappa shape index (κ1) is 22.9. The summed E-state index contributed by atoms with van der Waals surface area (Å²) in [5.41, 5.74) is 0.870. The Morgan fingerprint density at radius 3 is 2.67 bits per heavy atom. The van der Waals surface area contributed by atoms with E-state index in [-0.39, 0.29) is 5.41 Å². The number of nitrogens with zero attached hydrogens (tertiary/aromatic N) is 4. The van der Waals surface area contributed by atoms with Crippen molar-refractivity contribution in [2.75, 3.05) is 37.7 Å². The van der Waals surface area contributed by atoms with Crippen molar-refractivity contribution in [3.05, 3.63) is 17.6 Å². The summed E-state index contributed by atoms with van der Waals surface area (Å²) in [6, 6.07) is 3.00. The van der Waals surface area contributed by atoms with E-state index in [4.69, 9.17) is 14.7 Å². The molecule has 1 N–H and O–H groups in total. The highest BCUT2D eigenvalue weighted by Gasteiger charge is 2.31. The van der Waals surface area contributed by atoms with Gasteiger partial charge in [0.2, 0.25) is 6.41 Å². The Bertz CT molecular complexity index is 699. The lowest BCUT2D eigenvalue weighted by Gasteiger charge is -2.42. The number of carbonyl (C=O) groups excluding carboxylic acids is 1. The molecule has 1 saturated carbocycles. The first-order valence-corrected chi connectivity index (χ1v) is 11.4. The highest BCUT2D eigenvalue weighted by Crippen LogP contribution is 2.31. The quantitative estimate of drug-likeness (QED) is 0.623. The molecule has 2 aliphatic rings. The summed E-state index contributed by atoms with van der Waals surface area (Å²) in [4.78, 5) is 25.2. The van der Waals surface area contributed by atoms with Crippen LogP contribution in [0.5, 0.6) is 0 Å². The number of ether oxygens (including phenoxy) is 1. The summed E-state index contributed by atoms with van der Waals surface area (Å²) >= 11 is 0. The molecular weight excluding hydrogens is 378 g/mol.